The number of nitrogens with two attached hydrogens (primary N) is 2. The van der Waals surface area contributed by atoms with E-state index in [9.17, 15) is 8.42 Å². The number of hydrogen-bond acceptors (Lipinski definition) is 5. The molecule has 6 heteroatoms. The molecule has 3 aromatic carbocycles. The van der Waals surface area contributed by atoms with Crippen LogP contribution < -0.4 is 16.8 Å². The number of benzene rings is 3. The van der Waals surface area contributed by atoms with Crippen LogP contribution >= 0.6 is 0 Å². The molecule has 3 aromatic rings. The first kappa shape index (κ1) is 15.9. The molecule has 24 heavy (non-hydrogen) atoms. The molecule has 0 aliphatic rings. The number of sulfone groups is 1. The summed E-state index contributed by atoms with van der Waals surface area (Å²) in [5.74, 6) is 0. The molecule has 0 heterocycles. The van der Waals surface area contributed by atoms with Crippen LogP contribution in [0, 0.1) is 0 Å². The third-order valence-electron chi connectivity index (χ3n) is 3.58. The van der Waals surface area contributed by atoms with E-state index in [2.05, 4.69) is 5.32 Å². The lowest BCUT2D eigenvalue weighted by Gasteiger charge is -2.11. The van der Waals surface area contributed by atoms with E-state index >= 15 is 0 Å². The fraction of sp³-hybridized carbons (Fsp3) is 0. The molecule has 0 saturated carbocycles. The van der Waals surface area contributed by atoms with E-state index in [1.807, 2.05) is 30.3 Å². The lowest BCUT2D eigenvalue weighted by Crippen LogP contribution is -2.04. The van der Waals surface area contributed by atoms with E-state index in [1.54, 1.807) is 18.2 Å². The molecule has 0 aromatic heterocycles. The standard InChI is InChI=1S/C18H17N3O2S/c19-13-6-8-15(9-7-13)24(22,23)16-10-11-18(17(20)12-16)21-14-4-2-1-3-5-14/h1-12,21H,19-20H2. The molecule has 122 valence electrons. The van der Waals surface area contributed by atoms with Gasteiger partial charge < -0.3 is 16.8 Å². The number of rotatable bonds is 4. The Labute approximate surface area is 140 Å². The van der Waals surface area contributed by atoms with Crippen LogP contribution in [0.25, 0.3) is 0 Å². The molecule has 0 spiro atoms. The van der Waals surface area contributed by atoms with Crippen molar-refractivity contribution in [1.82, 2.24) is 0 Å². The second kappa shape index (κ2) is 6.25. The van der Waals surface area contributed by atoms with Gasteiger partial charge in [-0.05, 0) is 54.6 Å². The normalized spacial score (nSPS) is 11.2. The lowest BCUT2D eigenvalue weighted by molar-refractivity contribution is 0.596. The van der Waals surface area contributed by atoms with Gasteiger partial charge in [0.2, 0.25) is 9.84 Å². The smallest absolute Gasteiger partial charge is 0.206 e. The van der Waals surface area contributed by atoms with Crippen molar-refractivity contribution in [3.8, 4) is 0 Å². The first-order chi connectivity index (χ1) is 11.5. The molecule has 0 bridgehead atoms. The maximum absolute atomic E-state index is 12.7. The van der Waals surface area contributed by atoms with Gasteiger partial charge in [-0.2, -0.15) is 0 Å². The molecule has 0 saturated heterocycles. The molecule has 0 aliphatic carbocycles. The minimum atomic E-state index is -3.63. The Morgan fingerprint density at radius 2 is 1.38 bits per heavy atom. The quantitative estimate of drug-likeness (QED) is 0.633. The van der Waals surface area contributed by atoms with E-state index in [4.69, 9.17) is 11.5 Å². The Morgan fingerprint density at radius 1 is 0.750 bits per heavy atom. The molecule has 0 atom stereocenters. The molecule has 3 rings (SSSR count). The highest BCUT2D eigenvalue weighted by Gasteiger charge is 2.18. The van der Waals surface area contributed by atoms with E-state index in [1.165, 1.54) is 24.3 Å². The van der Waals surface area contributed by atoms with Gasteiger partial charge in [-0.1, -0.05) is 18.2 Å². The van der Waals surface area contributed by atoms with Crippen molar-refractivity contribution < 1.29 is 8.42 Å². The minimum absolute atomic E-state index is 0.142. The topological polar surface area (TPSA) is 98.2 Å². The van der Waals surface area contributed by atoms with E-state index < -0.39 is 9.84 Å². The van der Waals surface area contributed by atoms with Crippen molar-refractivity contribution >= 4 is 32.6 Å². The summed E-state index contributed by atoms with van der Waals surface area (Å²) in [4.78, 5) is 0.322. The largest absolute Gasteiger partial charge is 0.399 e. The molecule has 0 unspecified atom stereocenters. The predicted molar refractivity (Wildman–Crippen MR) is 96.9 cm³/mol. The monoisotopic (exact) mass is 339 g/mol. The minimum Gasteiger partial charge on any atom is -0.399 e. The van der Waals surface area contributed by atoms with E-state index in [-0.39, 0.29) is 9.79 Å². The summed E-state index contributed by atoms with van der Waals surface area (Å²) in [5.41, 5.74) is 14.0. The number of nitrogen functional groups attached to an aromatic ring is 2. The Balaban J connectivity index is 1.93. The van der Waals surface area contributed by atoms with Gasteiger partial charge >= 0.3 is 0 Å². The Bertz CT molecular complexity index is 953. The maximum atomic E-state index is 12.7. The second-order valence-corrected chi connectivity index (χ2v) is 7.26. The zero-order chi connectivity index (χ0) is 17.2. The van der Waals surface area contributed by atoms with Crippen molar-refractivity contribution in [2.75, 3.05) is 16.8 Å². The zero-order valence-corrected chi connectivity index (χ0v) is 13.6. The van der Waals surface area contributed by atoms with Crippen molar-refractivity contribution in [2.45, 2.75) is 9.79 Å². The number of anilines is 4. The summed E-state index contributed by atoms with van der Waals surface area (Å²) >= 11 is 0. The fourth-order valence-electron chi connectivity index (χ4n) is 2.28. The van der Waals surface area contributed by atoms with Crippen molar-refractivity contribution in [2.24, 2.45) is 0 Å². The van der Waals surface area contributed by atoms with Crippen LogP contribution in [0.3, 0.4) is 0 Å². The van der Waals surface area contributed by atoms with Crippen molar-refractivity contribution in [1.29, 1.82) is 0 Å². The molecule has 0 radical (unpaired) electrons. The van der Waals surface area contributed by atoms with Crippen LogP contribution in [0.2, 0.25) is 0 Å². The number of hydrogen-bond donors (Lipinski definition) is 3. The van der Waals surface area contributed by atoms with Gasteiger partial charge in [0.1, 0.15) is 0 Å². The van der Waals surface area contributed by atoms with E-state index in [0.29, 0.717) is 17.1 Å². The van der Waals surface area contributed by atoms with Gasteiger partial charge in [0.05, 0.1) is 21.2 Å². The van der Waals surface area contributed by atoms with Crippen LogP contribution in [-0.4, -0.2) is 8.42 Å². The Kier molecular flexibility index (Phi) is 4.14. The Morgan fingerprint density at radius 3 is 2.00 bits per heavy atom. The van der Waals surface area contributed by atoms with Gasteiger partial charge in [-0.3, -0.25) is 0 Å². The summed E-state index contributed by atoms with van der Waals surface area (Å²) in [5, 5.41) is 3.16. The highest BCUT2D eigenvalue weighted by Crippen LogP contribution is 2.29. The van der Waals surface area contributed by atoms with Crippen LogP contribution in [0.15, 0.2) is 82.6 Å². The van der Waals surface area contributed by atoms with Crippen LogP contribution in [0.4, 0.5) is 22.7 Å². The van der Waals surface area contributed by atoms with Crippen molar-refractivity contribution in [3.05, 3.63) is 72.8 Å². The van der Waals surface area contributed by atoms with Crippen LogP contribution in [-0.2, 0) is 9.84 Å². The van der Waals surface area contributed by atoms with Crippen LogP contribution in [0.1, 0.15) is 0 Å². The fourth-order valence-corrected chi connectivity index (χ4v) is 3.58. The Hall–Kier alpha value is -2.99. The third kappa shape index (κ3) is 3.18. The molecular weight excluding hydrogens is 322 g/mol. The molecule has 0 fully saturated rings. The van der Waals surface area contributed by atoms with Crippen LogP contribution in [0.5, 0.6) is 0 Å². The summed E-state index contributed by atoms with van der Waals surface area (Å²) < 4.78 is 25.3. The van der Waals surface area contributed by atoms with Gasteiger partial charge in [-0.15, -0.1) is 0 Å². The molecule has 5 nitrogen and oxygen atoms in total. The van der Waals surface area contributed by atoms with E-state index in [0.717, 1.165) is 5.69 Å². The van der Waals surface area contributed by atoms with Gasteiger partial charge in [-0.25, -0.2) is 8.42 Å². The highest BCUT2D eigenvalue weighted by molar-refractivity contribution is 7.91. The second-order valence-electron chi connectivity index (χ2n) is 5.31. The zero-order valence-electron chi connectivity index (χ0n) is 12.8. The van der Waals surface area contributed by atoms with Gasteiger partial charge in [0, 0.05) is 11.4 Å². The van der Waals surface area contributed by atoms with Gasteiger partial charge in [0.25, 0.3) is 0 Å². The first-order valence-corrected chi connectivity index (χ1v) is 8.77. The van der Waals surface area contributed by atoms with Gasteiger partial charge in [0.15, 0.2) is 0 Å². The average Bonchev–Trinajstić information content (AvgIpc) is 2.58. The molecular formula is C18H17N3O2S. The predicted octanol–water partition coefficient (Wildman–Crippen LogP) is 3.43. The first-order valence-electron chi connectivity index (χ1n) is 7.29. The maximum Gasteiger partial charge on any atom is 0.206 e. The van der Waals surface area contributed by atoms with Crippen molar-refractivity contribution in [3.63, 3.8) is 0 Å². The summed E-state index contributed by atoms with van der Waals surface area (Å²) in [6, 6.07) is 20.2. The highest BCUT2D eigenvalue weighted by atomic mass is 32.2. The molecule has 5 N–H and O–H groups in total. The number of para-hydroxylation sites is 1. The lowest BCUT2D eigenvalue weighted by atomic mass is 10.2. The third-order valence-corrected chi connectivity index (χ3v) is 5.34. The average molecular weight is 339 g/mol. The molecule has 0 aliphatic heterocycles. The summed E-state index contributed by atoms with van der Waals surface area (Å²) in [6.45, 7) is 0. The number of nitrogens with one attached hydrogen (secondary N) is 1. The summed E-state index contributed by atoms with van der Waals surface area (Å²) in [6.07, 6.45) is 0. The molecule has 0 amide bonds. The summed E-state index contributed by atoms with van der Waals surface area (Å²) in [7, 11) is -3.63. The SMILES string of the molecule is Nc1ccc(S(=O)(=O)c2ccc(Nc3ccccc3)c(N)c2)cc1.